The van der Waals surface area contributed by atoms with Crippen molar-refractivity contribution >= 4 is 5.91 Å². The van der Waals surface area contributed by atoms with Gasteiger partial charge in [0.15, 0.2) is 0 Å². The summed E-state index contributed by atoms with van der Waals surface area (Å²) in [6, 6.07) is 0.135. The van der Waals surface area contributed by atoms with E-state index in [4.69, 9.17) is 5.73 Å². The Morgan fingerprint density at radius 2 is 2.00 bits per heavy atom. The largest absolute Gasteiger partial charge is 0.356 e. The van der Waals surface area contributed by atoms with E-state index < -0.39 is 0 Å². The van der Waals surface area contributed by atoms with Gasteiger partial charge in [-0.1, -0.05) is 6.92 Å². The van der Waals surface area contributed by atoms with Crippen LogP contribution in [-0.2, 0) is 4.79 Å². The second-order valence-electron chi connectivity index (χ2n) is 6.15. The molecule has 1 amide bonds. The van der Waals surface area contributed by atoms with Gasteiger partial charge in [0.25, 0.3) is 0 Å². The summed E-state index contributed by atoms with van der Waals surface area (Å²) in [5.74, 6) is 3.11. The van der Waals surface area contributed by atoms with E-state index in [1.165, 1.54) is 25.7 Å². The van der Waals surface area contributed by atoms with E-state index >= 15 is 0 Å². The van der Waals surface area contributed by atoms with Crippen LogP contribution >= 0.6 is 0 Å². The molecule has 0 saturated heterocycles. The summed E-state index contributed by atoms with van der Waals surface area (Å²) in [5, 5.41) is 3.11. The average molecular weight is 222 g/mol. The summed E-state index contributed by atoms with van der Waals surface area (Å²) in [4.78, 5) is 12.1. The normalized spacial score (nSPS) is 49.4. The summed E-state index contributed by atoms with van der Waals surface area (Å²) in [6.45, 7) is 3.13. The van der Waals surface area contributed by atoms with Crippen molar-refractivity contribution < 1.29 is 4.79 Å². The summed E-state index contributed by atoms with van der Waals surface area (Å²) in [5.41, 5.74) is 6.15. The lowest BCUT2D eigenvalue weighted by atomic mass is 9.84. The van der Waals surface area contributed by atoms with Crippen LogP contribution in [0.1, 0.15) is 32.6 Å². The smallest absolute Gasteiger partial charge is 0.224 e. The van der Waals surface area contributed by atoms with Gasteiger partial charge in [-0.2, -0.15) is 0 Å². The van der Waals surface area contributed by atoms with Crippen molar-refractivity contribution in [3.63, 3.8) is 0 Å². The van der Waals surface area contributed by atoms with Gasteiger partial charge in [-0.05, 0) is 49.4 Å². The van der Waals surface area contributed by atoms with Crippen LogP contribution in [-0.4, -0.2) is 18.5 Å². The van der Waals surface area contributed by atoms with Gasteiger partial charge in [-0.3, -0.25) is 4.79 Å². The Morgan fingerprint density at radius 1 is 1.31 bits per heavy atom. The highest BCUT2D eigenvalue weighted by Gasteiger charge is 2.49. The molecule has 0 spiro atoms. The van der Waals surface area contributed by atoms with Gasteiger partial charge in [0.2, 0.25) is 5.91 Å². The first-order valence-electron chi connectivity index (χ1n) is 6.70. The molecule has 0 aromatic rings. The van der Waals surface area contributed by atoms with Gasteiger partial charge in [0.05, 0.1) is 5.92 Å². The quantitative estimate of drug-likeness (QED) is 0.752. The highest BCUT2D eigenvalue weighted by Crippen LogP contribution is 2.47. The third kappa shape index (κ3) is 1.65. The summed E-state index contributed by atoms with van der Waals surface area (Å²) in [6.07, 6.45) is 4.94. The van der Waals surface area contributed by atoms with Gasteiger partial charge in [0.1, 0.15) is 0 Å². The van der Waals surface area contributed by atoms with Crippen LogP contribution in [0.25, 0.3) is 0 Å². The lowest BCUT2D eigenvalue weighted by molar-refractivity contribution is -0.127. The molecule has 16 heavy (non-hydrogen) atoms. The summed E-state index contributed by atoms with van der Waals surface area (Å²) < 4.78 is 0. The maximum Gasteiger partial charge on any atom is 0.224 e. The van der Waals surface area contributed by atoms with Gasteiger partial charge in [0, 0.05) is 12.6 Å². The van der Waals surface area contributed by atoms with Crippen LogP contribution in [0.3, 0.4) is 0 Å². The van der Waals surface area contributed by atoms with E-state index in [-0.39, 0.29) is 17.9 Å². The highest BCUT2D eigenvalue weighted by molar-refractivity contribution is 5.80. The topological polar surface area (TPSA) is 55.1 Å². The van der Waals surface area contributed by atoms with Crippen molar-refractivity contribution in [2.24, 2.45) is 35.3 Å². The Kier molecular flexibility index (Phi) is 2.46. The predicted octanol–water partition coefficient (Wildman–Crippen LogP) is 1.13. The fourth-order valence-electron chi connectivity index (χ4n) is 3.76. The summed E-state index contributed by atoms with van der Waals surface area (Å²) in [7, 11) is 0. The zero-order valence-corrected chi connectivity index (χ0v) is 9.99. The SMILES string of the molecule is CC1CC1CNC(=O)C1C2CCC(C2)C1N. The third-order valence-corrected chi connectivity index (χ3v) is 5.10. The first kappa shape index (κ1) is 10.6. The fourth-order valence-corrected chi connectivity index (χ4v) is 3.76. The molecule has 3 nitrogen and oxygen atoms in total. The number of nitrogens with one attached hydrogen (secondary N) is 1. The molecule has 0 heterocycles. The first-order chi connectivity index (χ1) is 7.66. The molecule has 3 aliphatic carbocycles. The van der Waals surface area contributed by atoms with E-state index in [9.17, 15) is 4.79 Å². The number of carbonyl (C=O) groups is 1. The molecule has 6 unspecified atom stereocenters. The molecular weight excluding hydrogens is 200 g/mol. The van der Waals surface area contributed by atoms with Gasteiger partial charge in [-0.25, -0.2) is 0 Å². The number of hydrogen-bond acceptors (Lipinski definition) is 2. The molecule has 6 atom stereocenters. The predicted molar refractivity (Wildman–Crippen MR) is 62.6 cm³/mol. The van der Waals surface area contributed by atoms with Crippen molar-refractivity contribution in [1.82, 2.24) is 5.32 Å². The molecule has 3 aliphatic rings. The molecule has 3 fully saturated rings. The average Bonchev–Trinajstić information content (AvgIpc) is 2.69. The van der Waals surface area contributed by atoms with Crippen LogP contribution in [0.4, 0.5) is 0 Å². The molecule has 3 N–H and O–H groups in total. The third-order valence-electron chi connectivity index (χ3n) is 5.10. The van der Waals surface area contributed by atoms with E-state index in [1.807, 2.05) is 0 Å². The Labute approximate surface area is 97.2 Å². The number of nitrogens with two attached hydrogens (primary N) is 1. The molecule has 0 aromatic heterocycles. The van der Waals surface area contributed by atoms with Crippen molar-refractivity contribution in [3.05, 3.63) is 0 Å². The molecule has 2 bridgehead atoms. The lowest BCUT2D eigenvalue weighted by Crippen LogP contribution is -2.45. The van der Waals surface area contributed by atoms with Crippen molar-refractivity contribution in [3.8, 4) is 0 Å². The molecule has 0 radical (unpaired) electrons. The standard InChI is InChI=1S/C13H22N2O/c1-7-4-10(7)6-15-13(16)11-8-2-3-9(5-8)12(11)14/h7-12H,2-6,14H2,1H3,(H,15,16). The lowest BCUT2D eigenvalue weighted by Gasteiger charge is -2.27. The van der Waals surface area contributed by atoms with Gasteiger partial charge in [-0.15, -0.1) is 0 Å². The van der Waals surface area contributed by atoms with Gasteiger partial charge >= 0.3 is 0 Å². The van der Waals surface area contributed by atoms with Crippen LogP contribution < -0.4 is 11.1 Å². The van der Waals surface area contributed by atoms with Crippen LogP contribution in [0, 0.1) is 29.6 Å². The number of rotatable bonds is 3. The Bertz CT molecular complexity index is 302. The number of hydrogen-bond donors (Lipinski definition) is 2. The first-order valence-corrected chi connectivity index (χ1v) is 6.70. The second kappa shape index (κ2) is 3.73. The Morgan fingerprint density at radius 3 is 2.56 bits per heavy atom. The van der Waals surface area contributed by atoms with E-state index in [2.05, 4.69) is 12.2 Å². The minimum Gasteiger partial charge on any atom is -0.356 e. The fraction of sp³-hybridized carbons (Fsp3) is 0.923. The minimum absolute atomic E-state index is 0.118. The van der Waals surface area contributed by atoms with E-state index in [0.29, 0.717) is 11.8 Å². The molecule has 3 heteroatoms. The second-order valence-corrected chi connectivity index (χ2v) is 6.15. The van der Waals surface area contributed by atoms with Crippen molar-refractivity contribution in [1.29, 1.82) is 0 Å². The van der Waals surface area contributed by atoms with Crippen LogP contribution in [0.5, 0.6) is 0 Å². The van der Waals surface area contributed by atoms with Gasteiger partial charge < -0.3 is 11.1 Å². The summed E-state index contributed by atoms with van der Waals surface area (Å²) >= 11 is 0. The molecular formula is C13H22N2O. The maximum absolute atomic E-state index is 12.1. The zero-order chi connectivity index (χ0) is 11.3. The molecule has 90 valence electrons. The Balaban J connectivity index is 1.54. The Hall–Kier alpha value is -0.570. The molecule has 0 aromatic carbocycles. The zero-order valence-electron chi connectivity index (χ0n) is 9.99. The molecule has 3 rings (SSSR count). The molecule has 3 saturated carbocycles. The van der Waals surface area contributed by atoms with Crippen LogP contribution in [0.2, 0.25) is 0 Å². The van der Waals surface area contributed by atoms with Crippen molar-refractivity contribution in [2.45, 2.75) is 38.6 Å². The highest BCUT2D eigenvalue weighted by atomic mass is 16.1. The minimum atomic E-state index is 0.118. The number of fused-ring (bicyclic) bond motifs is 2. The monoisotopic (exact) mass is 222 g/mol. The number of carbonyl (C=O) groups excluding carboxylic acids is 1. The van der Waals surface area contributed by atoms with E-state index in [1.54, 1.807) is 0 Å². The van der Waals surface area contributed by atoms with Crippen molar-refractivity contribution in [2.75, 3.05) is 6.54 Å². The molecule has 0 aliphatic heterocycles. The van der Waals surface area contributed by atoms with Crippen LogP contribution in [0.15, 0.2) is 0 Å². The number of amides is 1. The maximum atomic E-state index is 12.1. The van der Waals surface area contributed by atoms with E-state index in [0.717, 1.165) is 18.4 Å².